The van der Waals surface area contributed by atoms with E-state index in [4.69, 9.17) is 4.74 Å². The van der Waals surface area contributed by atoms with Crippen LogP contribution in [0.25, 0.3) is 0 Å². The Morgan fingerprint density at radius 3 is 2.18 bits per heavy atom. The van der Waals surface area contributed by atoms with Gasteiger partial charge >= 0.3 is 11.7 Å². The first kappa shape index (κ1) is 28.4. The van der Waals surface area contributed by atoms with Crippen molar-refractivity contribution in [3.63, 3.8) is 0 Å². The molecule has 0 bridgehead atoms. The smallest absolute Gasteiger partial charge is 0.338 e. The molecule has 1 aromatic heterocycles. The number of amides is 1. The Morgan fingerprint density at radius 2 is 1.58 bits per heavy atom. The third-order valence-electron chi connectivity index (χ3n) is 5.84. The number of aryl methyl sites for hydroxylation is 1. The molecule has 12 heteroatoms. The molecule has 0 aliphatic carbocycles. The zero-order chi connectivity index (χ0) is 28.4. The standard InChI is InChI=1S/C26H30N4O7S/c1-16-7-10-18(26(2,3)4)13-20(16)38(35,36)28-19-11-8-17(9-12-19)24(33)37-15-22(31)27-21-14-23(32)30(6)25(34)29(21)5/h7-14,28H,15H2,1-6H3,(H,27,31). The number of rotatable bonds is 7. The van der Waals surface area contributed by atoms with E-state index in [1.54, 1.807) is 19.1 Å². The highest BCUT2D eigenvalue weighted by atomic mass is 32.2. The molecule has 0 saturated heterocycles. The predicted octanol–water partition coefficient (Wildman–Crippen LogP) is 2.29. The second-order valence-corrected chi connectivity index (χ2v) is 11.5. The number of nitrogens with zero attached hydrogens (tertiary/aromatic N) is 2. The van der Waals surface area contributed by atoms with E-state index in [1.807, 2.05) is 26.8 Å². The minimum atomic E-state index is -3.89. The molecule has 1 amide bonds. The molecule has 38 heavy (non-hydrogen) atoms. The van der Waals surface area contributed by atoms with Gasteiger partial charge in [-0.1, -0.05) is 32.9 Å². The summed E-state index contributed by atoms with van der Waals surface area (Å²) in [5.41, 5.74) is 0.346. The fraction of sp³-hybridized carbons (Fsp3) is 0.308. The molecule has 202 valence electrons. The van der Waals surface area contributed by atoms with Gasteiger partial charge in [0.15, 0.2) is 6.61 Å². The van der Waals surface area contributed by atoms with Crippen LogP contribution in [0.15, 0.2) is 63.0 Å². The lowest BCUT2D eigenvalue weighted by Crippen LogP contribution is -2.38. The van der Waals surface area contributed by atoms with E-state index in [9.17, 15) is 27.6 Å². The molecule has 1 heterocycles. The second-order valence-electron chi connectivity index (χ2n) is 9.81. The lowest BCUT2D eigenvalue weighted by Gasteiger charge is -2.21. The maximum atomic E-state index is 13.0. The van der Waals surface area contributed by atoms with Crippen molar-refractivity contribution < 1.29 is 22.7 Å². The van der Waals surface area contributed by atoms with Crippen molar-refractivity contribution in [2.75, 3.05) is 16.6 Å². The predicted molar refractivity (Wildman–Crippen MR) is 143 cm³/mol. The van der Waals surface area contributed by atoms with Crippen LogP contribution in [0.3, 0.4) is 0 Å². The Kier molecular flexibility index (Phi) is 7.96. The second kappa shape index (κ2) is 10.7. The summed E-state index contributed by atoms with van der Waals surface area (Å²) in [6.07, 6.45) is 0. The molecule has 0 atom stereocenters. The van der Waals surface area contributed by atoms with Crippen LogP contribution in [0.4, 0.5) is 11.5 Å². The molecule has 2 N–H and O–H groups in total. The Morgan fingerprint density at radius 1 is 0.947 bits per heavy atom. The summed E-state index contributed by atoms with van der Waals surface area (Å²) in [4.78, 5) is 48.4. The van der Waals surface area contributed by atoms with Gasteiger partial charge in [-0.15, -0.1) is 0 Å². The van der Waals surface area contributed by atoms with E-state index in [0.717, 1.165) is 20.8 Å². The number of carbonyl (C=O) groups is 2. The Bertz CT molecular complexity index is 1610. The SMILES string of the molecule is Cc1ccc(C(C)(C)C)cc1S(=O)(=O)Nc1ccc(C(=O)OCC(=O)Nc2cc(=O)n(C)c(=O)n2C)cc1. The molecular formula is C26H30N4O7S. The van der Waals surface area contributed by atoms with Crippen molar-refractivity contribution in [3.05, 3.63) is 86.1 Å². The van der Waals surface area contributed by atoms with Gasteiger partial charge in [0.1, 0.15) is 5.82 Å². The maximum Gasteiger partial charge on any atom is 0.338 e. The summed E-state index contributed by atoms with van der Waals surface area (Å²) >= 11 is 0. The van der Waals surface area contributed by atoms with Crippen LogP contribution in [0.5, 0.6) is 0 Å². The van der Waals surface area contributed by atoms with Crippen molar-refractivity contribution in [2.24, 2.45) is 14.1 Å². The highest BCUT2D eigenvalue weighted by Gasteiger charge is 2.22. The number of carbonyl (C=O) groups excluding carboxylic acids is 2. The maximum absolute atomic E-state index is 13.0. The molecule has 0 radical (unpaired) electrons. The zero-order valence-corrected chi connectivity index (χ0v) is 22.8. The van der Waals surface area contributed by atoms with E-state index in [1.165, 1.54) is 38.4 Å². The summed E-state index contributed by atoms with van der Waals surface area (Å²) in [6, 6.07) is 11.9. The molecule has 0 unspecified atom stereocenters. The largest absolute Gasteiger partial charge is 0.452 e. The van der Waals surface area contributed by atoms with Gasteiger partial charge in [0.05, 0.1) is 10.5 Å². The van der Waals surface area contributed by atoms with Gasteiger partial charge in [-0.3, -0.25) is 23.4 Å². The first-order valence-corrected chi connectivity index (χ1v) is 13.1. The fourth-order valence-corrected chi connectivity index (χ4v) is 4.82. The minimum absolute atomic E-state index is 0.0425. The lowest BCUT2D eigenvalue weighted by molar-refractivity contribution is -0.119. The van der Waals surface area contributed by atoms with E-state index in [-0.39, 0.29) is 27.4 Å². The van der Waals surface area contributed by atoms with Crippen molar-refractivity contribution in [1.82, 2.24) is 9.13 Å². The fourth-order valence-electron chi connectivity index (χ4n) is 3.49. The van der Waals surface area contributed by atoms with Gasteiger partial charge in [-0.25, -0.2) is 18.0 Å². The zero-order valence-electron chi connectivity index (χ0n) is 22.0. The molecule has 0 fully saturated rings. The normalized spacial score (nSPS) is 11.6. The van der Waals surface area contributed by atoms with Gasteiger partial charge in [0.25, 0.3) is 21.5 Å². The van der Waals surface area contributed by atoms with Crippen LogP contribution < -0.4 is 21.3 Å². The molecule has 0 aliphatic rings. The van der Waals surface area contributed by atoms with Crippen molar-refractivity contribution in [3.8, 4) is 0 Å². The number of aromatic nitrogens is 2. The summed E-state index contributed by atoms with van der Waals surface area (Å²) < 4.78 is 35.5. The average molecular weight is 543 g/mol. The Hall–Kier alpha value is -4.19. The number of hydrogen-bond acceptors (Lipinski definition) is 7. The summed E-state index contributed by atoms with van der Waals surface area (Å²) in [5.74, 6) is -1.61. The number of anilines is 2. The highest BCUT2D eigenvalue weighted by molar-refractivity contribution is 7.92. The first-order valence-electron chi connectivity index (χ1n) is 11.6. The van der Waals surface area contributed by atoms with Crippen molar-refractivity contribution in [2.45, 2.75) is 38.0 Å². The number of esters is 1. The molecule has 0 saturated carbocycles. The highest BCUT2D eigenvalue weighted by Crippen LogP contribution is 2.28. The Labute approximate surface area is 220 Å². The molecule has 2 aromatic carbocycles. The van der Waals surface area contributed by atoms with Gasteiger partial charge in [0, 0.05) is 25.8 Å². The van der Waals surface area contributed by atoms with E-state index >= 15 is 0 Å². The molecule has 3 rings (SSSR count). The van der Waals surface area contributed by atoms with Crippen LogP contribution in [-0.4, -0.2) is 36.0 Å². The van der Waals surface area contributed by atoms with Crippen molar-refractivity contribution >= 4 is 33.4 Å². The average Bonchev–Trinajstić information content (AvgIpc) is 2.84. The molecule has 3 aromatic rings. The quantitative estimate of drug-likeness (QED) is 0.436. The van der Waals surface area contributed by atoms with Gasteiger partial charge in [-0.2, -0.15) is 0 Å². The van der Waals surface area contributed by atoms with E-state index in [0.29, 0.717) is 5.56 Å². The van der Waals surface area contributed by atoms with E-state index in [2.05, 4.69) is 10.0 Å². The van der Waals surface area contributed by atoms with Crippen LogP contribution in [-0.2, 0) is 39.1 Å². The lowest BCUT2D eigenvalue weighted by atomic mass is 9.87. The topological polar surface area (TPSA) is 146 Å². The number of sulfonamides is 1. The van der Waals surface area contributed by atoms with Gasteiger partial charge in [0.2, 0.25) is 0 Å². The molecule has 0 spiro atoms. The number of hydrogen-bond donors (Lipinski definition) is 2. The van der Waals surface area contributed by atoms with Crippen molar-refractivity contribution in [1.29, 1.82) is 0 Å². The van der Waals surface area contributed by atoms with E-state index < -0.39 is 39.8 Å². The molecular weight excluding hydrogens is 512 g/mol. The number of ether oxygens (including phenoxy) is 1. The van der Waals surface area contributed by atoms with Gasteiger partial charge in [-0.05, 0) is 53.8 Å². The first-order chi connectivity index (χ1) is 17.6. The molecule has 0 aliphatic heterocycles. The number of nitrogens with one attached hydrogen (secondary N) is 2. The monoisotopic (exact) mass is 542 g/mol. The summed E-state index contributed by atoms with van der Waals surface area (Å²) in [7, 11) is -1.21. The third kappa shape index (κ3) is 6.38. The van der Waals surface area contributed by atoms with Gasteiger partial charge < -0.3 is 10.1 Å². The third-order valence-corrected chi connectivity index (χ3v) is 7.37. The molecule has 11 nitrogen and oxygen atoms in total. The minimum Gasteiger partial charge on any atom is -0.452 e. The van der Waals surface area contributed by atoms with Crippen LogP contribution in [0.2, 0.25) is 0 Å². The van der Waals surface area contributed by atoms with Crippen LogP contribution in [0, 0.1) is 6.92 Å². The summed E-state index contributed by atoms with van der Waals surface area (Å²) in [6.45, 7) is 7.03. The Balaban J connectivity index is 1.65. The van der Waals surface area contributed by atoms with Crippen LogP contribution >= 0.6 is 0 Å². The summed E-state index contributed by atoms with van der Waals surface area (Å²) in [5, 5.41) is 2.35. The van der Waals surface area contributed by atoms with Crippen LogP contribution in [0.1, 0.15) is 42.3 Å². The number of benzene rings is 2.